The van der Waals surface area contributed by atoms with Gasteiger partial charge in [0.1, 0.15) is 10.6 Å². The lowest BCUT2D eigenvalue weighted by molar-refractivity contribution is -0.137. The van der Waals surface area contributed by atoms with E-state index < -0.39 is 0 Å². The normalized spacial score (nSPS) is 9.62. The van der Waals surface area contributed by atoms with Gasteiger partial charge in [0.15, 0.2) is 0 Å². The molecule has 70 valence electrons. The molecule has 0 amide bonds. The number of imidazole rings is 1. The molecule has 1 rings (SSSR count). The number of ether oxygens (including phenoxy) is 1. The number of rotatable bonds is 2. The van der Waals surface area contributed by atoms with E-state index in [-0.39, 0.29) is 11.7 Å². The molecule has 0 saturated carbocycles. The number of aromatic nitrogens is 2. The molecule has 1 aromatic heterocycles. The van der Waals surface area contributed by atoms with E-state index in [4.69, 9.17) is 12.2 Å². The molecule has 13 heavy (non-hydrogen) atoms. The van der Waals surface area contributed by atoms with Crippen LogP contribution in [0.2, 0.25) is 0 Å². The molecule has 0 aliphatic heterocycles. The zero-order valence-corrected chi connectivity index (χ0v) is 8.60. The van der Waals surface area contributed by atoms with Gasteiger partial charge < -0.3 is 4.74 Å². The lowest BCUT2D eigenvalue weighted by Crippen LogP contribution is -2.09. The molecule has 0 aromatic carbocycles. The first-order valence-corrected chi connectivity index (χ1v) is 4.85. The summed E-state index contributed by atoms with van der Waals surface area (Å²) >= 11 is 6.27. The average molecular weight is 216 g/mol. The molecule has 4 nitrogen and oxygen atoms in total. The first-order valence-electron chi connectivity index (χ1n) is 3.46. The van der Waals surface area contributed by atoms with Crippen LogP contribution in [0.15, 0.2) is 18.7 Å². The molecule has 0 radical (unpaired) electrons. The number of methoxy groups -OCH3 is 1. The van der Waals surface area contributed by atoms with Gasteiger partial charge >= 0.3 is 5.97 Å². The van der Waals surface area contributed by atoms with E-state index in [9.17, 15) is 4.79 Å². The van der Waals surface area contributed by atoms with E-state index >= 15 is 0 Å². The Morgan fingerprint density at radius 2 is 2.54 bits per heavy atom. The Morgan fingerprint density at radius 1 is 1.77 bits per heavy atom. The van der Waals surface area contributed by atoms with Gasteiger partial charge in [-0.1, -0.05) is 24.0 Å². The number of thiocarbonyl (C=S) groups is 1. The fourth-order valence-corrected chi connectivity index (χ4v) is 1.52. The highest BCUT2D eigenvalue weighted by molar-refractivity contribution is 8.23. The Morgan fingerprint density at radius 3 is 3.08 bits per heavy atom. The summed E-state index contributed by atoms with van der Waals surface area (Å²) in [4.78, 5) is 14.6. The second-order valence-electron chi connectivity index (χ2n) is 2.10. The number of hydrogen-bond donors (Lipinski definition) is 0. The molecular formula is C7H8N2O2S2. The predicted molar refractivity (Wildman–Crippen MR) is 54.7 cm³/mol. The summed E-state index contributed by atoms with van der Waals surface area (Å²) in [7, 11) is 1.35. The molecule has 0 aliphatic carbocycles. The largest absolute Gasteiger partial charge is 0.468 e. The molecule has 0 aliphatic rings. The Balaban J connectivity index is 2.39. The average Bonchev–Trinajstić information content (AvgIpc) is 2.66. The van der Waals surface area contributed by atoms with Crippen LogP contribution in [0.25, 0.3) is 0 Å². The third-order valence-electron chi connectivity index (χ3n) is 1.26. The molecule has 1 heterocycles. The van der Waals surface area contributed by atoms with Gasteiger partial charge in [0.2, 0.25) is 0 Å². The predicted octanol–water partition coefficient (Wildman–Crippen LogP) is 0.922. The molecule has 0 N–H and O–H groups in total. The number of nitrogens with zero attached hydrogens (tertiary/aromatic N) is 2. The van der Waals surface area contributed by atoms with Crippen molar-refractivity contribution in [2.45, 2.75) is 0 Å². The first-order chi connectivity index (χ1) is 6.24. The number of hydrogen-bond acceptors (Lipinski definition) is 5. The molecule has 0 bridgehead atoms. The maximum Gasteiger partial charge on any atom is 0.316 e. The zero-order chi connectivity index (χ0) is 9.68. The second-order valence-corrected chi connectivity index (χ2v) is 3.71. The summed E-state index contributed by atoms with van der Waals surface area (Å²) in [5.74, 6) is -0.0551. The highest BCUT2D eigenvalue weighted by Crippen LogP contribution is 2.06. The van der Waals surface area contributed by atoms with Crippen molar-refractivity contribution in [1.82, 2.24) is 9.55 Å². The Kier molecular flexibility index (Phi) is 3.91. The van der Waals surface area contributed by atoms with Crippen molar-refractivity contribution in [2.75, 3.05) is 12.9 Å². The van der Waals surface area contributed by atoms with Crippen molar-refractivity contribution in [3.05, 3.63) is 18.7 Å². The molecule has 0 atom stereocenters. The van der Waals surface area contributed by atoms with Gasteiger partial charge in [-0.2, -0.15) is 0 Å². The van der Waals surface area contributed by atoms with Gasteiger partial charge in [0.05, 0.1) is 12.9 Å². The zero-order valence-electron chi connectivity index (χ0n) is 6.97. The van der Waals surface area contributed by atoms with Gasteiger partial charge in [-0.3, -0.25) is 9.36 Å². The third kappa shape index (κ3) is 3.16. The van der Waals surface area contributed by atoms with Crippen LogP contribution in [0, 0.1) is 0 Å². The van der Waals surface area contributed by atoms with Crippen LogP contribution in [0.1, 0.15) is 0 Å². The van der Waals surface area contributed by atoms with Crippen LogP contribution >= 0.6 is 24.0 Å². The number of esters is 1. The molecule has 0 unspecified atom stereocenters. The highest BCUT2D eigenvalue weighted by atomic mass is 32.2. The Hall–Kier alpha value is -0.880. The fraction of sp³-hybridized carbons (Fsp3) is 0.286. The summed E-state index contributed by atoms with van der Waals surface area (Å²) in [5, 5.41) is 0. The van der Waals surface area contributed by atoms with Crippen LogP contribution in [0.5, 0.6) is 0 Å². The SMILES string of the molecule is COC(=O)CSC(=S)n1ccnc1. The van der Waals surface area contributed by atoms with Crippen molar-refractivity contribution in [1.29, 1.82) is 0 Å². The summed E-state index contributed by atoms with van der Waals surface area (Å²) in [6, 6.07) is 0. The van der Waals surface area contributed by atoms with Gasteiger partial charge in [0.25, 0.3) is 0 Å². The molecular weight excluding hydrogens is 208 g/mol. The standard InChI is InChI=1S/C7H8N2O2S2/c1-11-6(10)4-13-7(12)9-3-2-8-5-9/h2-3,5H,4H2,1H3. The minimum Gasteiger partial charge on any atom is -0.468 e. The molecule has 1 aromatic rings. The van der Waals surface area contributed by atoms with E-state index in [0.29, 0.717) is 4.32 Å². The third-order valence-corrected chi connectivity index (χ3v) is 2.66. The number of carbonyl (C=O) groups is 1. The highest BCUT2D eigenvalue weighted by Gasteiger charge is 2.04. The molecule has 0 spiro atoms. The van der Waals surface area contributed by atoms with E-state index in [2.05, 4.69) is 9.72 Å². The Labute approximate surface area is 85.3 Å². The molecule has 6 heteroatoms. The maximum absolute atomic E-state index is 10.8. The van der Waals surface area contributed by atoms with Crippen LogP contribution in [0.4, 0.5) is 0 Å². The summed E-state index contributed by atoms with van der Waals surface area (Å²) in [5.41, 5.74) is 0. The van der Waals surface area contributed by atoms with Crippen molar-refractivity contribution < 1.29 is 9.53 Å². The topological polar surface area (TPSA) is 44.1 Å². The van der Waals surface area contributed by atoms with E-state index in [1.165, 1.54) is 18.9 Å². The molecule has 0 saturated heterocycles. The summed E-state index contributed by atoms with van der Waals surface area (Å²) in [6.07, 6.45) is 4.95. The van der Waals surface area contributed by atoms with Crippen LogP contribution in [0.3, 0.4) is 0 Å². The van der Waals surface area contributed by atoms with Gasteiger partial charge in [-0.05, 0) is 0 Å². The fourth-order valence-electron chi connectivity index (χ4n) is 0.621. The minimum atomic E-state index is -0.285. The second kappa shape index (κ2) is 4.98. The van der Waals surface area contributed by atoms with Crippen LogP contribution < -0.4 is 0 Å². The van der Waals surface area contributed by atoms with Crippen molar-refractivity contribution in [3.8, 4) is 0 Å². The smallest absolute Gasteiger partial charge is 0.316 e. The quantitative estimate of drug-likeness (QED) is 0.543. The van der Waals surface area contributed by atoms with Gasteiger partial charge in [0, 0.05) is 12.4 Å². The lowest BCUT2D eigenvalue weighted by atomic mass is 10.8. The van der Waals surface area contributed by atoms with Crippen molar-refractivity contribution in [3.63, 3.8) is 0 Å². The van der Waals surface area contributed by atoms with Crippen LogP contribution in [-0.4, -0.2) is 32.7 Å². The Bertz CT molecular complexity index is 297. The monoisotopic (exact) mass is 216 g/mol. The van der Waals surface area contributed by atoms with E-state index in [0.717, 1.165) is 0 Å². The maximum atomic E-state index is 10.8. The molecule has 0 fully saturated rings. The van der Waals surface area contributed by atoms with E-state index in [1.807, 2.05) is 0 Å². The lowest BCUT2D eigenvalue weighted by Gasteiger charge is -2.01. The first kappa shape index (κ1) is 10.2. The minimum absolute atomic E-state index is 0.230. The van der Waals surface area contributed by atoms with E-state index in [1.54, 1.807) is 23.3 Å². The summed E-state index contributed by atoms with van der Waals surface area (Å²) in [6.45, 7) is 0. The summed E-state index contributed by atoms with van der Waals surface area (Å²) < 4.78 is 6.73. The van der Waals surface area contributed by atoms with Crippen molar-refractivity contribution >= 4 is 34.3 Å². The number of carbonyl (C=O) groups excluding carboxylic acids is 1. The van der Waals surface area contributed by atoms with Gasteiger partial charge in [-0.15, -0.1) is 0 Å². The van der Waals surface area contributed by atoms with Gasteiger partial charge in [-0.25, -0.2) is 4.98 Å². The van der Waals surface area contributed by atoms with Crippen molar-refractivity contribution in [2.24, 2.45) is 0 Å². The van der Waals surface area contributed by atoms with Crippen LogP contribution in [-0.2, 0) is 9.53 Å². The number of thioether (sulfide) groups is 1.